The predicted octanol–water partition coefficient (Wildman–Crippen LogP) is 3.15. The van der Waals surface area contributed by atoms with E-state index in [0.29, 0.717) is 12.8 Å². The van der Waals surface area contributed by atoms with Crippen LogP contribution in [0.25, 0.3) is 0 Å². The molecule has 3 nitrogen and oxygen atoms in total. The molecule has 1 amide bonds. The molecule has 0 saturated heterocycles. The summed E-state index contributed by atoms with van der Waals surface area (Å²) in [6.45, 7) is 0. The monoisotopic (exact) mass is 328 g/mol. The van der Waals surface area contributed by atoms with Crippen LogP contribution < -0.4 is 5.32 Å². The second-order valence-electron chi connectivity index (χ2n) is 4.49. The van der Waals surface area contributed by atoms with Crippen molar-refractivity contribution in [1.82, 2.24) is 5.32 Å². The van der Waals surface area contributed by atoms with Gasteiger partial charge in [-0.25, -0.2) is 8.78 Å². The van der Waals surface area contributed by atoms with Crippen LogP contribution in [-0.2, 0) is 0 Å². The normalized spacial score (nSPS) is 22.0. The highest BCUT2D eigenvalue weighted by Crippen LogP contribution is 2.26. The van der Waals surface area contributed by atoms with Crippen LogP contribution in [0.1, 0.15) is 29.6 Å². The lowest BCUT2D eigenvalue weighted by Gasteiger charge is -2.16. The van der Waals surface area contributed by atoms with Gasteiger partial charge in [-0.3, -0.25) is 4.79 Å². The van der Waals surface area contributed by atoms with Crippen molar-refractivity contribution < 1.29 is 13.6 Å². The molecule has 0 bridgehead atoms. The largest absolute Gasteiger partial charge is 0.348 e. The zero-order chi connectivity index (χ0) is 14.0. The lowest BCUT2D eigenvalue weighted by atomic mass is 10.1. The predicted molar refractivity (Wildman–Crippen MR) is 68.3 cm³/mol. The molecule has 1 aromatic rings. The minimum atomic E-state index is -0.920. The molecule has 2 unspecified atom stereocenters. The van der Waals surface area contributed by atoms with Crippen molar-refractivity contribution in [3.8, 4) is 6.07 Å². The average molecular weight is 329 g/mol. The molecule has 1 aliphatic rings. The van der Waals surface area contributed by atoms with E-state index in [9.17, 15) is 13.6 Å². The smallest absolute Gasteiger partial charge is 0.257 e. The van der Waals surface area contributed by atoms with E-state index in [0.717, 1.165) is 18.6 Å². The molecule has 19 heavy (non-hydrogen) atoms. The number of carbonyl (C=O) groups excluding carboxylic acids is 1. The Bertz CT molecular complexity index is 533. The van der Waals surface area contributed by atoms with Gasteiger partial charge in [0.15, 0.2) is 0 Å². The summed E-state index contributed by atoms with van der Waals surface area (Å²) in [6.07, 6.45) is 2.19. The fourth-order valence-electron chi connectivity index (χ4n) is 2.29. The third kappa shape index (κ3) is 2.92. The standard InChI is InChI=1S/C13H11BrF2N2O/c14-8-4-9(15)12(10(16)5-8)13(19)18-11-3-1-2-7(11)6-17/h4-5,7,11H,1-3H2,(H,18,19). The van der Waals surface area contributed by atoms with Crippen LogP contribution in [0, 0.1) is 28.9 Å². The summed E-state index contributed by atoms with van der Waals surface area (Å²) in [5, 5.41) is 11.5. The minimum Gasteiger partial charge on any atom is -0.348 e. The lowest BCUT2D eigenvalue weighted by Crippen LogP contribution is -2.37. The third-order valence-electron chi connectivity index (χ3n) is 3.23. The fraction of sp³-hybridized carbons (Fsp3) is 0.385. The summed E-state index contributed by atoms with van der Waals surface area (Å²) in [4.78, 5) is 11.9. The van der Waals surface area contributed by atoms with Crippen molar-refractivity contribution in [1.29, 1.82) is 5.26 Å². The second-order valence-corrected chi connectivity index (χ2v) is 5.41. The van der Waals surface area contributed by atoms with Crippen molar-refractivity contribution in [3.05, 3.63) is 33.8 Å². The molecule has 0 spiro atoms. The van der Waals surface area contributed by atoms with Crippen molar-refractivity contribution in [3.63, 3.8) is 0 Å². The molecule has 1 aromatic carbocycles. The van der Waals surface area contributed by atoms with Crippen LogP contribution in [0.2, 0.25) is 0 Å². The summed E-state index contributed by atoms with van der Waals surface area (Å²) >= 11 is 2.95. The van der Waals surface area contributed by atoms with E-state index in [2.05, 4.69) is 27.3 Å². The molecule has 0 aliphatic heterocycles. The van der Waals surface area contributed by atoms with Gasteiger partial charge in [0.1, 0.15) is 17.2 Å². The van der Waals surface area contributed by atoms with Crippen LogP contribution in [0.5, 0.6) is 0 Å². The van der Waals surface area contributed by atoms with E-state index in [-0.39, 0.29) is 16.4 Å². The Labute approximate surface area is 117 Å². The first-order valence-corrected chi connectivity index (χ1v) is 6.67. The van der Waals surface area contributed by atoms with Crippen LogP contribution in [0.15, 0.2) is 16.6 Å². The molecule has 1 saturated carbocycles. The Kier molecular flexibility index (Phi) is 4.15. The summed E-state index contributed by atoms with van der Waals surface area (Å²) in [5.74, 6) is -2.94. The van der Waals surface area contributed by atoms with Gasteiger partial charge < -0.3 is 5.32 Å². The third-order valence-corrected chi connectivity index (χ3v) is 3.69. The molecule has 0 heterocycles. The van der Waals surface area contributed by atoms with Crippen LogP contribution in [0.4, 0.5) is 8.78 Å². The molecule has 2 rings (SSSR count). The van der Waals surface area contributed by atoms with Gasteiger partial charge >= 0.3 is 0 Å². The zero-order valence-corrected chi connectivity index (χ0v) is 11.5. The summed E-state index contributed by atoms with van der Waals surface area (Å²) in [7, 11) is 0. The molecular weight excluding hydrogens is 318 g/mol. The minimum absolute atomic E-state index is 0.231. The highest BCUT2D eigenvalue weighted by molar-refractivity contribution is 9.10. The molecule has 2 atom stereocenters. The maximum absolute atomic E-state index is 13.6. The number of carbonyl (C=O) groups is 1. The van der Waals surface area contributed by atoms with Crippen molar-refractivity contribution >= 4 is 21.8 Å². The van der Waals surface area contributed by atoms with Gasteiger partial charge in [0.05, 0.1) is 12.0 Å². The van der Waals surface area contributed by atoms with E-state index < -0.39 is 23.1 Å². The second kappa shape index (κ2) is 5.66. The number of nitriles is 1. The van der Waals surface area contributed by atoms with Gasteiger partial charge in [0.2, 0.25) is 0 Å². The first kappa shape index (κ1) is 13.9. The Morgan fingerprint density at radius 1 is 1.37 bits per heavy atom. The van der Waals surface area contributed by atoms with Crippen molar-refractivity contribution in [2.24, 2.45) is 5.92 Å². The van der Waals surface area contributed by atoms with Gasteiger partial charge in [0, 0.05) is 10.5 Å². The van der Waals surface area contributed by atoms with Gasteiger partial charge in [-0.15, -0.1) is 0 Å². The fourth-order valence-corrected chi connectivity index (χ4v) is 2.69. The van der Waals surface area contributed by atoms with Gasteiger partial charge in [0.25, 0.3) is 5.91 Å². The number of amides is 1. The number of nitrogens with one attached hydrogen (secondary N) is 1. The molecule has 100 valence electrons. The Balaban J connectivity index is 2.19. The van der Waals surface area contributed by atoms with Gasteiger partial charge in [-0.1, -0.05) is 15.9 Å². The average Bonchev–Trinajstić information content (AvgIpc) is 2.74. The van der Waals surface area contributed by atoms with E-state index in [1.54, 1.807) is 0 Å². The van der Waals surface area contributed by atoms with Crippen molar-refractivity contribution in [2.45, 2.75) is 25.3 Å². The molecule has 0 radical (unpaired) electrons. The van der Waals surface area contributed by atoms with Gasteiger partial charge in [-0.05, 0) is 31.4 Å². The summed E-state index contributed by atoms with van der Waals surface area (Å²) < 4.78 is 27.5. The first-order chi connectivity index (χ1) is 9.02. The van der Waals surface area contributed by atoms with E-state index in [1.807, 2.05) is 0 Å². The van der Waals surface area contributed by atoms with E-state index in [4.69, 9.17) is 5.26 Å². The number of rotatable bonds is 2. The number of halogens is 3. The number of benzene rings is 1. The van der Waals surface area contributed by atoms with Crippen LogP contribution in [-0.4, -0.2) is 11.9 Å². The van der Waals surface area contributed by atoms with Crippen LogP contribution in [0.3, 0.4) is 0 Å². The molecule has 6 heteroatoms. The maximum Gasteiger partial charge on any atom is 0.257 e. The Hall–Kier alpha value is -1.48. The summed E-state index contributed by atoms with van der Waals surface area (Å²) in [5.41, 5.74) is -0.605. The zero-order valence-electron chi connectivity index (χ0n) is 9.92. The van der Waals surface area contributed by atoms with E-state index in [1.165, 1.54) is 0 Å². The SMILES string of the molecule is N#CC1CCCC1NC(=O)c1c(F)cc(Br)cc1F. The molecule has 0 aromatic heterocycles. The molecule has 1 fully saturated rings. The van der Waals surface area contributed by atoms with Crippen LogP contribution >= 0.6 is 15.9 Å². The first-order valence-electron chi connectivity index (χ1n) is 5.88. The topological polar surface area (TPSA) is 52.9 Å². The highest BCUT2D eigenvalue weighted by Gasteiger charge is 2.30. The maximum atomic E-state index is 13.6. The number of hydrogen-bond acceptors (Lipinski definition) is 2. The quantitative estimate of drug-likeness (QED) is 0.906. The van der Waals surface area contributed by atoms with Gasteiger partial charge in [-0.2, -0.15) is 5.26 Å². The van der Waals surface area contributed by atoms with Crippen molar-refractivity contribution in [2.75, 3.05) is 0 Å². The molecular formula is C13H11BrF2N2O. The highest BCUT2D eigenvalue weighted by atomic mass is 79.9. The molecule has 1 aliphatic carbocycles. The molecule has 1 N–H and O–H groups in total. The number of nitrogens with zero attached hydrogens (tertiary/aromatic N) is 1. The number of hydrogen-bond donors (Lipinski definition) is 1. The Morgan fingerprint density at radius 2 is 2.00 bits per heavy atom. The Morgan fingerprint density at radius 3 is 2.58 bits per heavy atom. The lowest BCUT2D eigenvalue weighted by molar-refractivity contribution is 0.0924. The van der Waals surface area contributed by atoms with E-state index >= 15 is 0 Å². The summed E-state index contributed by atoms with van der Waals surface area (Å²) in [6, 6.07) is 3.84.